The fourth-order valence-electron chi connectivity index (χ4n) is 1.26. The zero-order valence-corrected chi connectivity index (χ0v) is 10.6. The molecule has 0 fully saturated rings. The third-order valence-electron chi connectivity index (χ3n) is 2.14. The Morgan fingerprint density at radius 1 is 1.41 bits per heavy atom. The van der Waals surface area contributed by atoms with Gasteiger partial charge in [-0.2, -0.15) is 0 Å². The molecule has 0 aliphatic heterocycles. The van der Waals surface area contributed by atoms with Gasteiger partial charge in [0.1, 0.15) is 6.04 Å². The standard InChI is InChI=1S/C11H11Cl2NO3/c1-17-11(16)9(14)5-10(15)7-4-6(12)2-3-8(7)13/h2-4,9H,5,14H2,1H3. The normalized spacial score (nSPS) is 12.0. The highest BCUT2D eigenvalue weighted by Gasteiger charge is 2.20. The van der Waals surface area contributed by atoms with E-state index < -0.39 is 12.0 Å². The summed E-state index contributed by atoms with van der Waals surface area (Å²) in [5.41, 5.74) is 5.73. The van der Waals surface area contributed by atoms with Crippen LogP contribution >= 0.6 is 23.2 Å². The Labute approximate surface area is 109 Å². The second-order valence-corrected chi connectivity index (χ2v) is 4.22. The first-order valence-corrected chi connectivity index (χ1v) is 5.53. The van der Waals surface area contributed by atoms with Crippen molar-refractivity contribution in [1.29, 1.82) is 0 Å². The molecular weight excluding hydrogens is 265 g/mol. The van der Waals surface area contributed by atoms with Crippen LogP contribution in [0.25, 0.3) is 0 Å². The molecule has 0 aliphatic rings. The van der Waals surface area contributed by atoms with Crippen molar-refractivity contribution in [3.63, 3.8) is 0 Å². The van der Waals surface area contributed by atoms with Crippen LogP contribution in [0.2, 0.25) is 10.0 Å². The molecule has 17 heavy (non-hydrogen) atoms. The van der Waals surface area contributed by atoms with E-state index in [-0.39, 0.29) is 22.8 Å². The summed E-state index contributed by atoms with van der Waals surface area (Å²) in [6.07, 6.45) is -0.174. The van der Waals surface area contributed by atoms with E-state index in [2.05, 4.69) is 4.74 Å². The van der Waals surface area contributed by atoms with Crippen LogP contribution < -0.4 is 5.73 Å². The van der Waals surface area contributed by atoms with E-state index in [1.807, 2.05) is 0 Å². The van der Waals surface area contributed by atoms with E-state index in [0.29, 0.717) is 5.02 Å². The van der Waals surface area contributed by atoms with E-state index in [1.165, 1.54) is 19.2 Å². The minimum Gasteiger partial charge on any atom is -0.468 e. The molecule has 1 aromatic carbocycles. The number of nitrogens with two attached hydrogens (primary N) is 1. The van der Waals surface area contributed by atoms with Gasteiger partial charge in [0.25, 0.3) is 0 Å². The van der Waals surface area contributed by atoms with Gasteiger partial charge in [-0.1, -0.05) is 23.2 Å². The smallest absolute Gasteiger partial charge is 0.323 e. The Hall–Kier alpha value is -1.10. The Morgan fingerprint density at radius 3 is 2.65 bits per heavy atom. The Balaban J connectivity index is 2.83. The van der Waals surface area contributed by atoms with Crippen LogP contribution in [0.3, 0.4) is 0 Å². The minimum absolute atomic E-state index is 0.174. The fourth-order valence-corrected chi connectivity index (χ4v) is 1.65. The highest BCUT2D eigenvalue weighted by atomic mass is 35.5. The molecule has 0 bridgehead atoms. The van der Waals surface area contributed by atoms with Gasteiger partial charge in [-0.15, -0.1) is 0 Å². The van der Waals surface area contributed by atoms with Crippen LogP contribution in [0.1, 0.15) is 16.8 Å². The summed E-state index contributed by atoms with van der Waals surface area (Å²) in [5.74, 6) is -0.994. The van der Waals surface area contributed by atoms with E-state index in [4.69, 9.17) is 28.9 Å². The maximum atomic E-state index is 11.8. The SMILES string of the molecule is COC(=O)C(N)CC(=O)c1cc(Cl)ccc1Cl. The van der Waals surface area contributed by atoms with Crippen LogP contribution in [-0.4, -0.2) is 24.9 Å². The first-order chi connectivity index (χ1) is 7.95. The maximum absolute atomic E-state index is 11.8. The highest BCUT2D eigenvalue weighted by Crippen LogP contribution is 2.22. The van der Waals surface area contributed by atoms with Crippen LogP contribution in [0, 0.1) is 0 Å². The average Bonchev–Trinajstić information content (AvgIpc) is 2.30. The van der Waals surface area contributed by atoms with Crippen molar-refractivity contribution in [2.75, 3.05) is 7.11 Å². The van der Waals surface area contributed by atoms with Crippen LogP contribution in [0.15, 0.2) is 18.2 Å². The molecule has 0 saturated heterocycles. The summed E-state index contributed by atoms with van der Waals surface area (Å²) in [6.45, 7) is 0. The van der Waals surface area contributed by atoms with Crippen molar-refractivity contribution >= 4 is 35.0 Å². The number of hydrogen-bond acceptors (Lipinski definition) is 4. The summed E-state index contributed by atoms with van der Waals surface area (Å²) in [6, 6.07) is 3.53. The van der Waals surface area contributed by atoms with E-state index >= 15 is 0 Å². The minimum atomic E-state index is -0.998. The Kier molecular flexibility index (Phi) is 4.93. The zero-order chi connectivity index (χ0) is 13.0. The second-order valence-electron chi connectivity index (χ2n) is 3.38. The van der Waals surface area contributed by atoms with Crippen molar-refractivity contribution in [3.05, 3.63) is 33.8 Å². The van der Waals surface area contributed by atoms with E-state index in [9.17, 15) is 9.59 Å². The number of hydrogen-bond donors (Lipinski definition) is 1. The van der Waals surface area contributed by atoms with Crippen molar-refractivity contribution in [3.8, 4) is 0 Å². The van der Waals surface area contributed by atoms with Gasteiger partial charge >= 0.3 is 5.97 Å². The summed E-state index contributed by atoms with van der Waals surface area (Å²) in [5, 5.41) is 0.667. The van der Waals surface area contributed by atoms with Crippen molar-refractivity contribution in [1.82, 2.24) is 0 Å². The van der Waals surface area contributed by atoms with Gasteiger partial charge in [-0.3, -0.25) is 9.59 Å². The number of carbonyl (C=O) groups is 2. The Bertz CT molecular complexity index is 448. The number of Topliss-reactive ketones (excluding diaryl/α,β-unsaturated/α-hetero) is 1. The molecule has 0 spiro atoms. The van der Waals surface area contributed by atoms with Crippen molar-refractivity contribution < 1.29 is 14.3 Å². The number of halogens is 2. The first-order valence-electron chi connectivity index (χ1n) is 4.77. The highest BCUT2D eigenvalue weighted by molar-refractivity contribution is 6.35. The zero-order valence-electron chi connectivity index (χ0n) is 9.07. The third-order valence-corrected chi connectivity index (χ3v) is 2.70. The number of esters is 1. The number of ether oxygens (including phenoxy) is 1. The number of benzene rings is 1. The molecule has 0 heterocycles. The van der Waals surface area contributed by atoms with Gasteiger partial charge in [-0.25, -0.2) is 0 Å². The van der Waals surface area contributed by atoms with Gasteiger partial charge in [0.2, 0.25) is 0 Å². The molecule has 1 aromatic rings. The largest absolute Gasteiger partial charge is 0.468 e. The monoisotopic (exact) mass is 275 g/mol. The quantitative estimate of drug-likeness (QED) is 0.675. The molecule has 92 valence electrons. The number of carbonyl (C=O) groups excluding carboxylic acids is 2. The van der Waals surface area contributed by atoms with Gasteiger partial charge in [-0.05, 0) is 18.2 Å². The van der Waals surface area contributed by atoms with Crippen LogP contribution in [-0.2, 0) is 9.53 Å². The molecule has 0 radical (unpaired) electrons. The first kappa shape index (κ1) is 14.0. The van der Waals surface area contributed by atoms with Crippen LogP contribution in [0.5, 0.6) is 0 Å². The molecule has 0 saturated carbocycles. The molecule has 0 aliphatic carbocycles. The lowest BCUT2D eigenvalue weighted by Crippen LogP contribution is -2.33. The molecule has 4 nitrogen and oxygen atoms in total. The fraction of sp³-hybridized carbons (Fsp3) is 0.273. The predicted molar refractivity (Wildman–Crippen MR) is 65.4 cm³/mol. The maximum Gasteiger partial charge on any atom is 0.323 e. The van der Waals surface area contributed by atoms with E-state index in [1.54, 1.807) is 6.07 Å². The van der Waals surface area contributed by atoms with Crippen molar-refractivity contribution in [2.45, 2.75) is 12.5 Å². The lowest BCUT2D eigenvalue weighted by Gasteiger charge is -2.09. The predicted octanol–water partition coefficient (Wildman–Crippen LogP) is 2.07. The molecule has 1 rings (SSSR count). The molecule has 2 N–H and O–H groups in total. The molecule has 1 unspecified atom stereocenters. The lowest BCUT2D eigenvalue weighted by atomic mass is 10.0. The summed E-state index contributed by atoms with van der Waals surface area (Å²) in [4.78, 5) is 22.9. The Morgan fingerprint density at radius 2 is 2.06 bits per heavy atom. The summed E-state index contributed by atoms with van der Waals surface area (Å²) < 4.78 is 4.43. The molecule has 0 amide bonds. The molecular formula is C11H11Cl2NO3. The van der Waals surface area contributed by atoms with Gasteiger partial charge in [0, 0.05) is 17.0 Å². The third kappa shape index (κ3) is 3.70. The van der Waals surface area contributed by atoms with Gasteiger partial charge in [0.05, 0.1) is 12.1 Å². The topological polar surface area (TPSA) is 69.4 Å². The van der Waals surface area contributed by atoms with Gasteiger partial charge in [0.15, 0.2) is 5.78 Å². The molecule has 0 aromatic heterocycles. The number of ketones is 1. The van der Waals surface area contributed by atoms with E-state index in [0.717, 1.165) is 0 Å². The molecule has 6 heteroatoms. The van der Waals surface area contributed by atoms with Crippen LogP contribution in [0.4, 0.5) is 0 Å². The summed E-state index contributed by atoms with van der Waals surface area (Å²) >= 11 is 11.6. The number of rotatable bonds is 4. The van der Waals surface area contributed by atoms with Crippen molar-refractivity contribution in [2.24, 2.45) is 5.73 Å². The number of methoxy groups -OCH3 is 1. The summed E-state index contributed by atoms with van der Waals surface area (Å²) in [7, 11) is 1.21. The second kappa shape index (κ2) is 6.00. The van der Waals surface area contributed by atoms with Gasteiger partial charge < -0.3 is 10.5 Å². The average molecular weight is 276 g/mol. The lowest BCUT2D eigenvalue weighted by molar-refractivity contribution is -0.142. The molecule has 1 atom stereocenters.